The van der Waals surface area contributed by atoms with E-state index in [2.05, 4.69) is 0 Å². The second-order valence-electron chi connectivity index (χ2n) is 5.50. The number of carbonyl (C=O) groups excluding carboxylic acids is 1. The van der Waals surface area contributed by atoms with Crippen molar-refractivity contribution in [1.29, 1.82) is 0 Å². The van der Waals surface area contributed by atoms with Crippen LogP contribution in [0.5, 0.6) is 0 Å². The molecule has 0 aliphatic rings. The lowest BCUT2D eigenvalue weighted by Crippen LogP contribution is -2.30. The molecular formula is C18H20ClFN2O. The van der Waals surface area contributed by atoms with Crippen molar-refractivity contribution in [2.24, 2.45) is 0 Å². The minimum atomic E-state index is -0.450. The van der Waals surface area contributed by atoms with E-state index in [1.54, 1.807) is 4.90 Å². The van der Waals surface area contributed by atoms with Gasteiger partial charge in [0.05, 0.1) is 10.6 Å². The predicted molar refractivity (Wildman–Crippen MR) is 92.6 cm³/mol. The van der Waals surface area contributed by atoms with Crippen LogP contribution in [0, 0.1) is 5.82 Å². The van der Waals surface area contributed by atoms with Gasteiger partial charge in [0.15, 0.2) is 0 Å². The quantitative estimate of drug-likeness (QED) is 0.818. The van der Waals surface area contributed by atoms with Gasteiger partial charge in [0.25, 0.3) is 5.91 Å². The van der Waals surface area contributed by atoms with Gasteiger partial charge in [-0.05, 0) is 42.8 Å². The Balaban J connectivity index is 2.17. The zero-order valence-electron chi connectivity index (χ0n) is 13.5. The third kappa shape index (κ3) is 4.23. The molecule has 0 saturated heterocycles. The fourth-order valence-electron chi connectivity index (χ4n) is 2.28. The molecule has 0 aliphatic heterocycles. The minimum Gasteiger partial charge on any atom is -0.378 e. The summed E-state index contributed by atoms with van der Waals surface area (Å²) in [6, 6.07) is 11.9. The minimum absolute atomic E-state index is 0.136. The first-order valence-electron chi connectivity index (χ1n) is 7.43. The number of anilines is 1. The number of amides is 1. The molecule has 0 unspecified atom stereocenters. The van der Waals surface area contributed by atoms with Gasteiger partial charge in [-0.3, -0.25) is 4.79 Å². The first kappa shape index (κ1) is 17.3. The van der Waals surface area contributed by atoms with Crippen molar-refractivity contribution in [2.45, 2.75) is 13.5 Å². The summed E-state index contributed by atoms with van der Waals surface area (Å²) in [5, 5.41) is 0.136. The lowest BCUT2D eigenvalue weighted by molar-refractivity contribution is 0.0752. The summed E-state index contributed by atoms with van der Waals surface area (Å²) in [5.74, 6) is -0.650. The van der Waals surface area contributed by atoms with Crippen molar-refractivity contribution >= 4 is 23.2 Å². The normalized spacial score (nSPS) is 10.5. The number of carbonyl (C=O) groups is 1. The van der Waals surface area contributed by atoms with E-state index in [0.717, 1.165) is 17.3 Å². The third-order valence-electron chi connectivity index (χ3n) is 3.66. The van der Waals surface area contributed by atoms with Crippen LogP contribution in [0.2, 0.25) is 5.02 Å². The van der Waals surface area contributed by atoms with Gasteiger partial charge in [-0.25, -0.2) is 4.39 Å². The number of nitrogens with zero attached hydrogens (tertiary/aromatic N) is 2. The van der Waals surface area contributed by atoms with E-state index in [1.165, 1.54) is 12.1 Å². The van der Waals surface area contributed by atoms with Crippen molar-refractivity contribution in [3.05, 3.63) is 64.4 Å². The highest BCUT2D eigenvalue weighted by atomic mass is 35.5. The number of halogens is 2. The Morgan fingerprint density at radius 1 is 1.13 bits per heavy atom. The van der Waals surface area contributed by atoms with Gasteiger partial charge >= 0.3 is 0 Å². The second-order valence-corrected chi connectivity index (χ2v) is 5.91. The maximum Gasteiger partial charge on any atom is 0.255 e. The molecule has 2 aromatic carbocycles. The lowest BCUT2D eigenvalue weighted by Gasteiger charge is -2.22. The number of benzene rings is 2. The highest BCUT2D eigenvalue weighted by Crippen LogP contribution is 2.20. The molecule has 0 fully saturated rings. The Kier molecular flexibility index (Phi) is 5.61. The van der Waals surface area contributed by atoms with Crippen molar-refractivity contribution in [1.82, 2.24) is 4.90 Å². The molecule has 23 heavy (non-hydrogen) atoms. The first-order chi connectivity index (χ1) is 10.9. The van der Waals surface area contributed by atoms with Crippen LogP contribution in [0.25, 0.3) is 0 Å². The van der Waals surface area contributed by atoms with Gasteiger partial charge in [0.1, 0.15) is 5.82 Å². The zero-order chi connectivity index (χ0) is 17.0. The molecule has 0 aromatic heterocycles. The molecule has 122 valence electrons. The standard InChI is InChI=1S/C18H20ClFN2O/c1-4-22(12-13-5-8-15(9-6-13)21(2)3)18(23)16-10-7-14(20)11-17(16)19/h5-11H,4,12H2,1-3H3. The fraction of sp³-hybridized carbons (Fsp3) is 0.278. The van der Waals surface area contributed by atoms with E-state index in [1.807, 2.05) is 50.2 Å². The Hall–Kier alpha value is -2.07. The summed E-state index contributed by atoms with van der Waals surface area (Å²) in [4.78, 5) is 16.3. The molecule has 5 heteroatoms. The molecule has 0 bridgehead atoms. The van der Waals surface area contributed by atoms with Gasteiger partial charge in [0.2, 0.25) is 0 Å². The summed E-state index contributed by atoms with van der Waals surface area (Å²) in [5.41, 5.74) is 2.45. The van der Waals surface area contributed by atoms with Crippen molar-refractivity contribution in [3.63, 3.8) is 0 Å². The molecule has 0 N–H and O–H groups in total. The van der Waals surface area contributed by atoms with Gasteiger partial charge in [-0.15, -0.1) is 0 Å². The summed E-state index contributed by atoms with van der Waals surface area (Å²) in [6.45, 7) is 2.93. The molecule has 0 radical (unpaired) electrons. The van der Waals surface area contributed by atoms with E-state index in [9.17, 15) is 9.18 Å². The monoisotopic (exact) mass is 334 g/mol. The average molecular weight is 335 g/mol. The van der Waals surface area contributed by atoms with Crippen LogP contribution in [0.3, 0.4) is 0 Å². The average Bonchev–Trinajstić information content (AvgIpc) is 2.52. The Bertz CT molecular complexity index is 686. The van der Waals surface area contributed by atoms with Gasteiger partial charge < -0.3 is 9.80 Å². The van der Waals surface area contributed by atoms with Crippen LogP contribution in [0.1, 0.15) is 22.8 Å². The summed E-state index contributed by atoms with van der Waals surface area (Å²) in [6.07, 6.45) is 0. The molecule has 3 nitrogen and oxygen atoms in total. The van der Waals surface area contributed by atoms with Gasteiger partial charge in [-0.2, -0.15) is 0 Å². The maximum atomic E-state index is 13.1. The molecule has 0 saturated carbocycles. The molecule has 0 aliphatic carbocycles. The summed E-state index contributed by atoms with van der Waals surface area (Å²) >= 11 is 5.99. The van der Waals surface area contributed by atoms with Crippen LogP contribution in [0.4, 0.5) is 10.1 Å². The maximum absolute atomic E-state index is 13.1. The van der Waals surface area contributed by atoms with Gasteiger partial charge in [-0.1, -0.05) is 23.7 Å². The van der Waals surface area contributed by atoms with E-state index < -0.39 is 5.82 Å². The van der Waals surface area contributed by atoms with Crippen LogP contribution in [-0.4, -0.2) is 31.4 Å². The van der Waals surface area contributed by atoms with Gasteiger partial charge in [0, 0.05) is 32.9 Å². The molecule has 2 rings (SSSR count). The molecule has 0 atom stereocenters. The zero-order valence-corrected chi connectivity index (χ0v) is 14.3. The highest BCUT2D eigenvalue weighted by molar-refractivity contribution is 6.33. The highest BCUT2D eigenvalue weighted by Gasteiger charge is 2.18. The first-order valence-corrected chi connectivity index (χ1v) is 7.80. The smallest absolute Gasteiger partial charge is 0.255 e. The Morgan fingerprint density at radius 3 is 2.30 bits per heavy atom. The molecular weight excluding hydrogens is 315 g/mol. The molecule has 0 heterocycles. The summed E-state index contributed by atoms with van der Waals surface area (Å²) in [7, 11) is 3.96. The van der Waals surface area contributed by atoms with E-state index in [-0.39, 0.29) is 10.9 Å². The fourth-order valence-corrected chi connectivity index (χ4v) is 2.53. The Morgan fingerprint density at radius 2 is 1.78 bits per heavy atom. The van der Waals surface area contributed by atoms with Crippen molar-refractivity contribution in [2.75, 3.05) is 25.5 Å². The number of hydrogen-bond acceptors (Lipinski definition) is 2. The van der Waals surface area contributed by atoms with Crippen LogP contribution >= 0.6 is 11.6 Å². The summed E-state index contributed by atoms with van der Waals surface area (Å²) < 4.78 is 13.1. The molecule has 1 amide bonds. The van der Waals surface area contributed by atoms with Crippen molar-refractivity contribution in [3.8, 4) is 0 Å². The van der Waals surface area contributed by atoms with E-state index in [4.69, 9.17) is 11.6 Å². The van der Waals surface area contributed by atoms with E-state index >= 15 is 0 Å². The molecule has 0 spiro atoms. The lowest BCUT2D eigenvalue weighted by atomic mass is 10.1. The third-order valence-corrected chi connectivity index (χ3v) is 3.97. The largest absolute Gasteiger partial charge is 0.378 e. The van der Waals surface area contributed by atoms with Crippen LogP contribution in [0.15, 0.2) is 42.5 Å². The SMILES string of the molecule is CCN(Cc1ccc(N(C)C)cc1)C(=O)c1ccc(F)cc1Cl. The molecule has 2 aromatic rings. The Labute approximate surface area is 141 Å². The van der Waals surface area contributed by atoms with E-state index in [0.29, 0.717) is 18.7 Å². The number of hydrogen-bond donors (Lipinski definition) is 0. The number of rotatable bonds is 5. The van der Waals surface area contributed by atoms with Crippen molar-refractivity contribution < 1.29 is 9.18 Å². The predicted octanol–water partition coefficient (Wildman–Crippen LogP) is 4.21. The topological polar surface area (TPSA) is 23.6 Å². The second kappa shape index (κ2) is 7.47. The van der Waals surface area contributed by atoms with Crippen LogP contribution < -0.4 is 4.90 Å². The van der Waals surface area contributed by atoms with Crippen LogP contribution in [-0.2, 0) is 6.54 Å².